The van der Waals surface area contributed by atoms with Crippen molar-refractivity contribution in [1.29, 1.82) is 0 Å². The minimum atomic E-state index is -0.819. The van der Waals surface area contributed by atoms with Gasteiger partial charge in [-0.1, -0.05) is 25.6 Å². The molecule has 0 saturated heterocycles. The zero-order valence-electron chi connectivity index (χ0n) is 10.3. The van der Waals surface area contributed by atoms with Crippen molar-refractivity contribution in [3.05, 3.63) is 11.8 Å². The number of aromatic nitrogens is 2. The molecule has 1 rings (SSSR count). The smallest absolute Gasteiger partial charge is 0.313 e. The molecule has 96 valence electrons. The molecule has 0 saturated carbocycles. The topological polar surface area (TPSA) is 64.3 Å². The number of nitrogens with zero attached hydrogens (tertiary/aromatic N) is 2. The lowest BCUT2D eigenvalue weighted by Gasteiger charge is -2.08. The first-order valence-corrected chi connectivity index (χ1v) is 6.41. The number of aliphatic carboxylic acids is 1. The summed E-state index contributed by atoms with van der Waals surface area (Å²) in [5.74, 6) is -0.300. The Hall–Kier alpha value is -1.01. The number of thioether (sulfide) groups is 1. The Balaban J connectivity index is 2.78. The maximum Gasteiger partial charge on any atom is 0.313 e. The van der Waals surface area contributed by atoms with Crippen LogP contribution in [-0.4, -0.2) is 33.7 Å². The van der Waals surface area contributed by atoms with Gasteiger partial charge < -0.3 is 9.84 Å². The van der Waals surface area contributed by atoms with Crippen molar-refractivity contribution in [3.63, 3.8) is 0 Å². The molecular weight excluding hydrogens is 240 g/mol. The predicted octanol–water partition coefficient (Wildman–Crippen LogP) is 1.86. The molecule has 0 radical (unpaired) electrons. The van der Waals surface area contributed by atoms with Crippen LogP contribution in [0.2, 0.25) is 0 Å². The van der Waals surface area contributed by atoms with E-state index in [1.165, 1.54) is 11.8 Å². The van der Waals surface area contributed by atoms with Gasteiger partial charge >= 0.3 is 5.97 Å². The van der Waals surface area contributed by atoms with Crippen LogP contribution < -0.4 is 0 Å². The lowest BCUT2D eigenvalue weighted by molar-refractivity contribution is -0.133. The van der Waals surface area contributed by atoms with E-state index >= 15 is 0 Å². The molecule has 6 heteroatoms. The lowest BCUT2D eigenvalue weighted by Crippen LogP contribution is -2.08. The molecule has 1 aromatic heterocycles. The zero-order valence-corrected chi connectivity index (χ0v) is 11.2. The maximum absolute atomic E-state index is 10.6. The number of hydrogen-bond donors (Lipinski definition) is 1. The van der Waals surface area contributed by atoms with Gasteiger partial charge in [0.2, 0.25) is 0 Å². The van der Waals surface area contributed by atoms with E-state index in [0.717, 1.165) is 17.3 Å². The molecular formula is C11H18N2O3S. The van der Waals surface area contributed by atoms with Gasteiger partial charge in [0.15, 0.2) is 0 Å². The molecule has 1 heterocycles. The van der Waals surface area contributed by atoms with Gasteiger partial charge in [-0.2, -0.15) is 5.10 Å². The van der Waals surface area contributed by atoms with E-state index < -0.39 is 5.97 Å². The molecule has 5 nitrogen and oxygen atoms in total. The summed E-state index contributed by atoms with van der Waals surface area (Å²) in [5.41, 5.74) is 0.834. The van der Waals surface area contributed by atoms with Crippen molar-refractivity contribution in [1.82, 2.24) is 9.78 Å². The highest BCUT2D eigenvalue weighted by Crippen LogP contribution is 2.20. The number of carboxylic acids is 1. The quantitative estimate of drug-likeness (QED) is 0.756. The Morgan fingerprint density at radius 3 is 2.88 bits per heavy atom. The molecule has 0 aliphatic heterocycles. The van der Waals surface area contributed by atoms with E-state index in [2.05, 4.69) is 18.9 Å². The van der Waals surface area contributed by atoms with E-state index in [9.17, 15) is 4.79 Å². The van der Waals surface area contributed by atoms with Crippen LogP contribution in [0.25, 0.3) is 0 Å². The summed E-state index contributed by atoms with van der Waals surface area (Å²) in [6.07, 6.45) is 0. The van der Waals surface area contributed by atoms with E-state index in [0.29, 0.717) is 12.5 Å². The summed E-state index contributed by atoms with van der Waals surface area (Å²) in [4.78, 5) is 10.6. The SMILES string of the molecule is COCc1cc(SCC(=O)O)n(CC(C)C)n1. The van der Waals surface area contributed by atoms with E-state index in [1.807, 2.05) is 10.7 Å². The molecule has 0 spiro atoms. The highest BCUT2D eigenvalue weighted by molar-refractivity contribution is 7.99. The van der Waals surface area contributed by atoms with Crippen molar-refractivity contribution in [2.75, 3.05) is 12.9 Å². The molecule has 1 N–H and O–H groups in total. The van der Waals surface area contributed by atoms with Crippen LogP contribution in [0.5, 0.6) is 0 Å². The number of methoxy groups -OCH3 is 1. The monoisotopic (exact) mass is 258 g/mol. The normalized spacial score (nSPS) is 11.1. The van der Waals surface area contributed by atoms with Crippen LogP contribution in [0.3, 0.4) is 0 Å². The van der Waals surface area contributed by atoms with Gasteiger partial charge in [0.25, 0.3) is 0 Å². The van der Waals surface area contributed by atoms with Crippen molar-refractivity contribution in [2.45, 2.75) is 32.0 Å². The first-order chi connectivity index (χ1) is 8.02. The Bertz CT molecular complexity index is 377. The Morgan fingerprint density at radius 1 is 1.65 bits per heavy atom. The summed E-state index contributed by atoms with van der Waals surface area (Å²) in [6, 6.07) is 1.89. The highest BCUT2D eigenvalue weighted by atomic mass is 32.2. The summed E-state index contributed by atoms with van der Waals surface area (Å²) in [5, 5.41) is 14.0. The molecule has 0 aliphatic rings. The van der Waals surface area contributed by atoms with Crippen LogP contribution in [-0.2, 0) is 22.7 Å². The van der Waals surface area contributed by atoms with Crippen molar-refractivity contribution < 1.29 is 14.6 Å². The average Bonchev–Trinajstić information content (AvgIpc) is 2.57. The molecule has 0 aromatic carbocycles. The fourth-order valence-electron chi connectivity index (χ4n) is 1.40. The number of hydrogen-bond acceptors (Lipinski definition) is 4. The minimum absolute atomic E-state index is 0.0518. The molecule has 0 fully saturated rings. The molecule has 17 heavy (non-hydrogen) atoms. The van der Waals surface area contributed by atoms with Crippen LogP contribution >= 0.6 is 11.8 Å². The van der Waals surface area contributed by atoms with Gasteiger partial charge in [-0.15, -0.1) is 0 Å². The van der Waals surface area contributed by atoms with Gasteiger partial charge in [-0.05, 0) is 12.0 Å². The molecule has 1 aromatic rings. The Morgan fingerprint density at radius 2 is 2.35 bits per heavy atom. The van der Waals surface area contributed by atoms with Crippen molar-refractivity contribution in [2.24, 2.45) is 5.92 Å². The second kappa shape index (κ2) is 6.66. The minimum Gasteiger partial charge on any atom is -0.481 e. The Kier molecular flexibility index (Phi) is 5.50. The van der Waals surface area contributed by atoms with E-state index in [1.54, 1.807) is 7.11 Å². The number of carbonyl (C=O) groups is 1. The zero-order chi connectivity index (χ0) is 12.8. The number of ether oxygens (including phenoxy) is 1. The summed E-state index contributed by atoms with van der Waals surface area (Å²) in [7, 11) is 1.62. The van der Waals surface area contributed by atoms with Crippen molar-refractivity contribution in [3.8, 4) is 0 Å². The van der Waals surface area contributed by atoms with Gasteiger partial charge in [-0.25, -0.2) is 0 Å². The number of rotatable bonds is 7. The second-order valence-corrected chi connectivity index (χ2v) is 5.16. The van der Waals surface area contributed by atoms with Crippen LogP contribution in [0.1, 0.15) is 19.5 Å². The molecule has 0 unspecified atom stereocenters. The third kappa shape index (κ3) is 4.79. The van der Waals surface area contributed by atoms with Gasteiger partial charge in [0.05, 0.1) is 23.1 Å². The van der Waals surface area contributed by atoms with Gasteiger partial charge in [0, 0.05) is 13.7 Å². The van der Waals surface area contributed by atoms with Gasteiger partial charge in [0.1, 0.15) is 0 Å². The predicted molar refractivity (Wildman–Crippen MR) is 66.1 cm³/mol. The molecule has 0 bridgehead atoms. The van der Waals surface area contributed by atoms with Crippen LogP contribution in [0.15, 0.2) is 11.1 Å². The molecule has 0 amide bonds. The highest BCUT2D eigenvalue weighted by Gasteiger charge is 2.11. The fourth-order valence-corrected chi connectivity index (χ4v) is 2.15. The Labute approximate surface area is 105 Å². The largest absolute Gasteiger partial charge is 0.481 e. The standard InChI is InChI=1S/C11H18N2O3S/c1-8(2)5-13-10(17-7-11(14)15)4-9(12-13)6-16-3/h4,8H,5-7H2,1-3H3,(H,14,15). The average molecular weight is 258 g/mol. The first-order valence-electron chi connectivity index (χ1n) is 5.43. The van der Waals surface area contributed by atoms with Crippen molar-refractivity contribution >= 4 is 17.7 Å². The molecule has 0 atom stereocenters. The van der Waals surface area contributed by atoms with Gasteiger partial charge in [-0.3, -0.25) is 9.48 Å². The van der Waals surface area contributed by atoms with Crippen LogP contribution in [0.4, 0.5) is 0 Å². The summed E-state index contributed by atoms with van der Waals surface area (Å²) >= 11 is 1.29. The summed E-state index contributed by atoms with van der Waals surface area (Å²) in [6.45, 7) is 5.43. The fraction of sp³-hybridized carbons (Fsp3) is 0.636. The van der Waals surface area contributed by atoms with E-state index in [4.69, 9.17) is 9.84 Å². The second-order valence-electron chi connectivity index (χ2n) is 4.17. The third-order valence-electron chi connectivity index (χ3n) is 1.97. The third-order valence-corrected chi connectivity index (χ3v) is 2.98. The van der Waals surface area contributed by atoms with E-state index in [-0.39, 0.29) is 5.75 Å². The number of carboxylic acid groups (broad SMARTS) is 1. The van der Waals surface area contributed by atoms with Crippen LogP contribution in [0, 0.1) is 5.92 Å². The first kappa shape index (κ1) is 14.1. The lowest BCUT2D eigenvalue weighted by atomic mass is 10.2. The summed E-state index contributed by atoms with van der Waals surface area (Å²) < 4.78 is 6.88. The molecule has 0 aliphatic carbocycles. The maximum atomic E-state index is 10.6.